The molecule has 0 radical (unpaired) electrons. The van der Waals surface area contributed by atoms with Crippen LogP contribution >= 0.6 is 0 Å². The van der Waals surface area contributed by atoms with E-state index < -0.39 is 54.2 Å². The van der Waals surface area contributed by atoms with Gasteiger partial charge >= 0.3 is 5.97 Å². The van der Waals surface area contributed by atoms with E-state index in [4.69, 9.17) is 9.15 Å². The summed E-state index contributed by atoms with van der Waals surface area (Å²) in [6.07, 6.45) is 1.91. The number of benzene rings is 2. The Hall–Kier alpha value is -4.34. The third-order valence-electron chi connectivity index (χ3n) is 5.35. The van der Waals surface area contributed by atoms with E-state index in [2.05, 4.69) is 10.4 Å². The lowest BCUT2D eigenvalue weighted by atomic mass is 10.0. The highest BCUT2D eigenvalue weighted by atomic mass is 19.1. The van der Waals surface area contributed by atoms with Crippen molar-refractivity contribution in [3.63, 3.8) is 0 Å². The second-order valence-corrected chi connectivity index (χ2v) is 7.85. The Labute approximate surface area is 199 Å². The number of nitrogens with zero attached hydrogens (tertiary/aromatic N) is 2. The predicted molar refractivity (Wildman–Crippen MR) is 120 cm³/mol. The number of rotatable bonds is 7. The molecule has 0 saturated carbocycles. The van der Waals surface area contributed by atoms with E-state index in [9.17, 15) is 23.2 Å². The highest BCUT2D eigenvalue weighted by Crippen LogP contribution is 2.33. The fourth-order valence-corrected chi connectivity index (χ4v) is 3.54. The first-order valence-corrected chi connectivity index (χ1v) is 10.7. The number of hydrazone groups is 1. The third-order valence-corrected chi connectivity index (χ3v) is 5.35. The van der Waals surface area contributed by atoms with Gasteiger partial charge in [-0.05, 0) is 36.8 Å². The molecule has 1 aliphatic rings. The molecule has 3 aromatic rings. The average molecular weight is 481 g/mol. The van der Waals surface area contributed by atoms with E-state index in [0.717, 1.165) is 23.3 Å². The number of esters is 1. The molecular weight excluding hydrogens is 460 g/mol. The molecule has 0 spiro atoms. The molecule has 1 aliphatic heterocycles. The van der Waals surface area contributed by atoms with Gasteiger partial charge in [0.2, 0.25) is 0 Å². The molecule has 10 heteroatoms. The number of furan rings is 1. The first-order chi connectivity index (χ1) is 16.8. The molecule has 0 bridgehead atoms. The zero-order valence-corrected chi connectivity index (χ0v) is 18.7. The van der Waals surface area contributed by atoms with E-state index in [1.54, 1.807) is 12.1 Å². The van der Waals surface area contributed by atoms with Gasteiger partial charge in [0.15, 0.2) is 6.61 Å². The van der Waals surface area contributed by atoms with Gasteiger partial charge in [0.1, 0.15) is 30.0 Å². The second kappa shape index (κ2) is 10.3. The Morgan fingerprint density at radius 3 is 2.60 bits per heavy atom. The normalized spacial score (nSPS) is 15.0. The van der Waals surface area contributed by atoms with Crippen molar-refractivity contribution in [2.75, 3.05) is 13.2 Å². The molecule has 0 aliphatic carbocycles. The summed E-state index contributed by atoms with van der Waals surface area (Å²) in [4.78, 5) is 36.9. The zero-order chi connectivity index (χ0) is 24.9. The molecule has 180 valence electrons. The summed E-state index contributed by atoms with van der Waals surface area (Å²) in [5.41, 5.74) is 2.20. The van der Waals surface area contributed by atoms with Crippen LogP contribution in [0.5, 0.6) is 0 Å². The molecule has 1 N–H and O–H groups in total. The maximum absolute atomic E-state index is 13.7. The van der Waals surface area contributed by atoms with Crippen LogP contribution in [0, 0.1) is 18.6 Å². The van der Waals surface area contributed by atoms with Gasteiger partial charge in [-0.1, -0.05) is 29.8 Å². The van der Waals surface area contributed by atoms with Crippen molar-refractivity contribution in [3.05, 3.63) is 94.9 Å². The van der Waals surface area contributed by atoms with Gasteiger partial charge in [-0.2, -0.15) is 5.10 Å². The summed E-state index contributed by atoms with van der Waals surface area (Å²) >= 11 is 0. The summed E-state index contributed by atoms with van der Waals surface area (Å²) in [6, 6.07) is 13.1. The number of nitrogens with one attached hydrogen (secondary N) is 1. The molecule has 35 heavy (non-hydrogen) atoms. The van der Waals surface area contributed by atoms with Crippen molar-refractivity contribution in [2.24, 2.45) is 5.10 Å². The fourth-order valence-electron chi connectivity index (χ4n) is 3.54. The Morgan fingerprint density at radius 2 is 1.91 bits per heavy atom. The minimum Gasteiger partial charge on any atom is -0.467 e. The van der Waals surface area contributed by atoms with Gasteiger partial charge < -0.3 is 14.5 Å². The number of hydrogen-bond acceptors (Lipinski definition) is 6. The van der Waals surface area contributed by atoms with E-state index in [1.807, 2.05) is 31.2 Å². The topological polar surface area (TPSA) is 101 Å². The fraction of sp³-hybridized carbons (Fsp3) is 0.200. The maximum atomic E-state index is 13.7. The lowest BCUT2D eigenvalue weighted by Gasteiger charge is -2.19. The lowest BCUT2D eigenvalue weighted by Crippen LogP contribution is -2.35. The van der Waals surface area contributed by atoms with E-state index in [-0.39, 0.29) is 0 Å². The van der Waals surface area contributed by atoms with Crippen LogP contribution in [0.2, 0.25) is 0 Å². The lowest BCUT2D eigenvalue weighted by molar-refractivity contribution is -0.152. The SMILES string of the molecule is Cc1ccc(C2=NN(C(=O)COC(=O)CNC(=O)c3ccc(F)cc3F)C(c3ccco3)C2)cc1. The van der Waals surface area contributed by atoms with Crippen molar-refractivity contribution in [1.29, 1.82) is 0 Å². The van der Waals surface area contributed by atoms with Gasteiger partial charge in [-0.3, -0.25) is 14.4 Å². The zero-order valence-electron chi connectivity index (χ0n) is 18.7. The largest absolute Gasteiger partial charge is 0.467 e. The molecule has 4 rings (SSSR count). The van der Waals surface area contributed by atoms with Gasteiger partial charge in [-0.25, -0.2) is 13.8 Å². The minimum atomic E-state index is -1.06. The van der Waals surface area contributed by atoms with Crippen LogP contribution in [-0.4, -0.2) is 41.7 Å². The molecule has 2 heterocycles. The molecule has 0 fully saturated rings. The van der Waals surface area contributed by atoms with Crippen LogP contribution < -0.4 is 5.32 Å². The quantitative estimate of drug-likeness (QED) is 0.521. The van der Waals surface area contributed by atoms with Crippen molar-refractivity contribution < 1.29 is 32.3 Å². The summed E-state index contributed by atoms with van der Waals surface area (Å²) in [5, 5.41) is 7.83. The molecular formula is C25H21F2N3O5. The van der Waals surface area contributed by atoms with Crippen molar-refractivity contribution in [2.45, 2.75) is 19.4 Å². The van der Waals surface area contributed by atoms with Crippen LogP contribution in [0.4, 0.5) is 8.78 Å². The molecule has 2 amide bonds. The summed E-state index contributed by atoms with van der Waals surface area (Å²) in [7, 11) is 0. The van der Waals surface area contributed by atoms with Crippen molar-refractivity contribution >= 4 is 23.5 Å². The van der Waals surface area contributed by atoms with Crippen molar-refractivity contribution in [3.8, 4) is 0 Å². The number of ether oxygens (including phenoxy) is 1. The Morgan fingerprint density at radius 1 is 1.14 bits per heavy atom. The summed E-state index contributed by atoms with van der Waals surface area (Å²) < 4.78 is 37.1. The highest BCUT2D eigenvalue weighted by molar-refractivity contribution is 6.03. The highest BCUT2D eigenvalue weighted by Gasteiger charge is 2.35. The summed E-state index contributed by atoms with van der Waals surface area (Å²) in [5.74, 6) is -3.78. The van der Waals surface area contributed by atoms with Gasteiger partial charge in [-0.15, -0.1) is 0 Å². The number of amides is 2. The number of carbonyl (C=O) groups is 3. The smallest absolute Gasteiger partial charge is 0.325 e. The number of aryl methyl sites for hydroxylation is 1. The first-order valence-electron chi connectivity index (χ1n) is 10.7. The maximum Gasteiger partial charge on any atom is 0.325 e. The number of hydrogen-bond donors (Lipinski definition) is 1. The molecule has 1 unspecified atom stereocenters. The van der Waals surface area contributed by atoms with Crippen LogP contribution in [-0.2, 0) is 14.3 Å². The number of carbonyl (C=O) groups excluding carboxylic acids is 3. The van der Waals surface area contributed by atoms with Gasteiger partial charge in [0.05, 0.1) is 17.5 Å². The van der Waals surface area contributed by atoms with Gasteiger partial charge in [0, 0.05) is 12.5 Å². The molecule has 1 aromatic heterocycles. The van der Waals surface area contributed by atoms with E-state index >= 15 is 0 Å². The van der Waals surface area contributed by atoms with E-state index in [1.165, 1.54) is 11.3 Å². The average Bonchev–Trinajstić information content (AvgIpc) is 3.51. The van der Waals surface area contributed by atoms with Crippen LogP contribution in [0.3, 0.4) is 0 Å². The van der Waals surface area contributed by atoms with Crippen LogP contribution in [0.25, 0.3) is 0 Å². The third kappa shape index (κ3) is 5.60. The second-order valence-electron chi connectivity index (χ2n) is 7.85. The van der Waals surface area contributed by atoms with E-state index in [0.29, 0.717) is 24.0 Å². The Balaban J connectivity index is 1.37. The summed E-state index contributed by atoms with van der Waals surface area (Å²) in [6.45, 7) is 0.735. The minimum absolute atomic E-state index is 0.412. The Bertz CT molecular complexity index is 1270. The van der Waals surface area contributed by atoms with Crippen molar-refractivity contribution in [1.82, 2.24) is 10.3 Å². The van der Waals surface area contributed by atoms with Crippen LogP contribution in [0.1, 0.15) is 39.7 Å². The van der Waals surface area contributed by atoms with Crippen LogP contribution in [0.15, 0.2) is 70.4 Å². The number of halogens is 2. The molecule has 2 aromatic carbocycles. The standard InChI is InChI=1S/C25H21F2N3O5/c1-15-4-6-16(7-5-15)20-12-21(22-3-2-10-34-22)30(29-20)23(31)14-35-24(32)13-28-25(33)18-9-8-17(26)11-19(18)27/h2-11,21H,12-14H2,1H3,(H,28,33). The first kappa shape index (κ1) is 23.8. The molecule has 8 nitrogen and oxygen atoms in total. The molecule has 1 atom stereocenters. The Kier molecular flexibility index (Phi) is 7.00. The predicted octanol–water partition coefficient (Wildman–Crippen LogP) is 3.52. The van der Waals surface area contributed by atoms with Gasteiger partial charge in [0.25, 0.3) is 11.8 Å². The molecule has 0 saturated heterocycles. The monoisotopic (exact) mass is 481 g/mol.